The Kier molecular flexibility index (Phi) is 10.7. The first-order chi connectivity index (χ1) is 17.4. The van der Waals surface area contributed by atoms with E-state index in [0.717, 1.165) is 10.6 Å². The molecule has 0 unspecified atom stereocenters. The van der Waals surface area contributed by atoms with Crippen molar-refractivity contribution in [3.05, 3.63) is 53.8 Å². The molecule has 1 atom stereocenters. The molecule has 37 heavy (non-hydrogen) atoms. The zero-order valence-electron chi connectivity index (χ0n) is 22.2. The summed E-state index contributed by atoms with van der Waals surface area (Å²) in [5.41, 5.74) is 0.714. The second-order valence-electron chi connectivity index (χ2n) is 9.02. The molecule has 2 amide bonds. The number of methoxy groups -OCH3 is 2. The van der Waals surface area contributed by atoms with Crippen LogP contribution in [0.2, 0.25) is 0 Å². The number of carbonyl (C=O) groups is 2. The van der Waals surface area contributed by atoms with Gasteiger partial charge in [-0.25, -0.2) is 12.8 Å². The third kappa shape index (κ3) is 8.34. The summed E-state index contributed by atoms with van der Waals surface area (Å²) >= 11 is 0. The molecular weight excluding hydrogens is 501 g/mol. The summed E-state index contributed by atoms with van der Waals surface area (Å²) in [5.74, 6) is -0.589. The highest BCUT2D eigenvalue weighted by atomic mass is 32.2. The summed E-state index contributed by atoms with van der Waals surface area (Å²) in [7, 11) is -1.13. The van der Waals surface area contributed by atoms with Gasteiger partial charge in [0.05, 0.1) is 26.2 Å². The lowest BCUT2D eigenvalue weighted by molar-refractivity contribution is -0.140. The quantitative estimate of drug-likeness (QED) is 0.421. The number of carbonyl (C=O) groups excluding carboxylic acids is 2. The molecule has 0 bridgehead atoms. The second-order valence-corrected chi connectivity index (χ2v) is 10.9. The first kappa shape index (κ1) is 29.9. The van der Waals surface area contributed by atoms with Crippen LogP contribution >= 0.6 is 0 Å². The highest BCUT2D eigenvalue weighted by Crippen LogP contribution is 2.34. The molecule has 11 heteroatoms. The predicted octanol–water partition coefficient (Wildman–Crippen LogP) is 3.19. The van der Waals surface area contributed by atoms with Gasteiger partial charge in [-0.05, 0) is 42.2 Å². The molecule has 0 aliphatic carbocycles. The van der Waals surface area contributed by atoms with Gasteiger partial charge in [0.2, 0.25) is 21.8 Å². The van der Waals surface area contributed by atoms with E-state index >= 15 is 0 Å². The number of amides is 2. The maximum Gasteiger partial charge on any atom is 0.244 e. The second kappa shape index (κ2) is 13.3. The topological polar surface area (TPSA) is 105 Å². The molecule has 1 N–H and O–H groups in total. The predicted molar refractivity (Wildman–Crippen MR) is 141 cm³/mol. The first-order valence-electron chi connectivity index (χ1n) is 11.9. The third-order valence-electron chi connectivity index (χ3n) is 5.67. The van der Waals surface area contributed by atoms with Gasteiger partial charge in [-0.15, -0.1) is 0 Å². The first-order valence-corrected chi connectivity index (χ1v) is 13.8. The minimum Gasteiger partial charge on any atom is -0.497 e. The normalized spacial score (nSPS) is 12.1. The van der Waals surface area contributed by atoms with Crippen LogP contribution in [0.15, 0.2) is 42.5 Å². The molecule has 2 aromatic carbocycles. The number of hydrogen-bond acceptors (Lipinski definition) is 6. The molecule has 2 aromatic rings. The van der Waals surface area contributed by atoms with Gasteiger partial charge >= 0.3 is 0 Å². The van der Waals surface area contributed by atoms with Crippen molar-refractivity contribution in [1.29, 1.82) is 0 Å². The van der Waals surface area contributed by atoms with Crippen molar-refractivity contribution in [3.8, 4) is 11.5 Å². The van der Waals surface area contributed by atoms with Gasteiger partial charge in [-0.3, -0.25) is 13.9 Å². The number of rotatable bonds is 13. The molecule has 0 saturated heterocycles. The minimum absolute atomic E-state index is 0.0143. The van der Waals surface area contributed by atoms with E-state index in [4.69, 9.17) is 9.47 Å². The Balaban J connectivity index is 2.50. The molecule has 2 rings (SSSR count). The Morgan fingerprint density at radius 2 is 1.70 bits per heavy atom. The van der Waals surface area contributed by atoms with E-state index in [9.17, 15) is 22.4 Å². The van der Waals surface area contributed by atoms with Gasteiger partial charge in [-0.1, -0.05) is 32.9 Å². The van der Waals surface area contributed by atoms with Crippen molar-refractivity contribution >= 4 is 27.5 Å². The molecule has 9 nitrogen and oxygen atoms in total. The Morgan fingerprint density at radius 3 is 2.22 bits per heavy atom. The minimum atomic E-state index is -3.96. The summed E-state index contributed by atoms with van der Waals surface area (Å²) in [6, 6.07) is 9.32. The van der Waals surface area contributed by atoms with Gasteiger partial charge in [-0.2, -0.15) is 0 Å². The summed E-state index contributed by atoms with van der Waals surface area (Å²) in [6.07, 6.45) is 1.27. The summed E-state index contributed by atoms with van der Waals surface area (Å²) in [6.45, 7) is 5.49. The fourth-order valence-electron chi connectivity index (χ4n) is 3.71. The molecule has 0 aliphatic heterocycles. The Labute approximate surface area is 218 Å². The average molecular weight is 538 g/mol. The standard InChI is InChI=1S/C26H36FN3O6S/c1-7-22(26(32)28-15-18(2)3)29(16-19-8-10-20(27)11-9-19)25(31)17-30(37(6,33)34)23-14-21(35-4)12-13-24(23)36-5/h8-14,18,22H,7,15-17H2,1-6H3,(H,28,32)/t22-/m0/s1. The van der Waals surface area contributed by atoms with E-state index < -0.39 is 34.3 Å². The van der Waals surface area contributed by atoms with E-state index in [2.05, 4.69) is 5.32 Å². The molecule has 0 heterocycles. The number of hydrogen-bond donors (Lipinski definition) is 1. The molecule has 204 valence electrons. The average Bonchev–Trinajstić information content (AvgIpc) is 2.85. The molecule has 0 aromatic heterocycles. The van der Waals surface area contributed by atoms with Crippen LogP contribution in [0.1, 0.15) is 32.8 Å². The van der Waals surface area contributed by atoms with Crippen LogP contribution in [0.25, 0.3) is 0 Å². The van der Waals surface area contributed by atoms with E-state index in [1.54, 1.807) is 19.1 Å². The van der Waals surface area contributed by atoms with Crippen molar-refractivity contribution in [2.75, 3.05) is 37.9 Å². The summed E-state index contributed by atoms with van der Waals surface area (Å²) < 4.78 is 50.7. The van der Waals surface area contributed by atoms with E-state index in [-0.39, 0.29) is 36.2 Å². The number of halogens is 1. The number of sulfonamides is 1. The van der Waals surface area contributed by atoms with Crippen molar-refractivity contribution in [2.45, 2.75) is 39.8 Å². The zero-order chi connectivity index (χ0) is 27.8. The summed E-state index contributed by atoms with van der Waals surface area (Å²) in [5, 5.41) is 2.85. The Hall–Kier alpha value is -3.34. The Morgan fingerprint density at radius 1 is 1.05 bits per heavy atom. The SMILES string of the molecule is CC[C@@H](C(=O)NCC(C)C)N(Cc1ccc(F)cc1)C(=O)CN(c1cc(OC)ccc1OC)S(C)(=O)=O. The monoisotopic (exact) mass is 537 g/mol. The number of nitrogens with zero attached hydrogens (tertiary/aromatic N) is 2. The Bertz CT molecular complexity index is 1170. The smallest absolute Gasteiger partial charge is 0.244 e. The van der Waals surface area contributed by atoms with Crippen molar-refractivity contribution < 1.29 is 31.9 Å². The van der Waals surface area contributed by atoms with Gasteiger partial charge in [0.15, 0.2) is 0 Å². The maximum atomic E-state index is 13.7. The molecule has 0 radical (unpaired) electrons. The van der Waals surface area contributed by atoms with Gasteiger partial charge < -0.3 is 19.7 Å². The van der Waals surface area contributed by atoms with Crippen LogP contribution < -0.4 is 19.1 Å². The number of nitrogens with one attached hydrogen (secondary N) is 1. The fraction of sp³-hybridized carbons (Fsp3) is 0.462. The van der Waals surface area contributed by atoms with Gasteiger partial charge in [0, 0.05) is 19.2 Å². The van der Waals surface area contributed by atoms with Crippen LogP contribution in [0.4, 0.5) is 10.1 Å². The highest BCUT2D eigenvalue weighted by molar-refractivity contribution is 7.92. The summed E-state index contributed by atoms with van der Waals surface area (Å²) in [4.78, 5) is 28.1. The molecule has 0 saturated carbocycles. The van der Waals surface area contributed by atoms with Crippen LogP contribution in [0, 0.1) is 11.7 Å². The van der Waals surface area contributed by atoms with Crippen LogP contribution in [-0.4, -0.2) is 64.7 Å². The van der Waals surface area contributed by atoms with Gasteiger partial charge in [0.25, 0.3) is 0 Å². The molecule has 0 spiro atoms. The molecule has 0 fully saturated rings. The lowest BCUT2D eigenvalue weighted by Gasteiger charge is -2.33. The van der Waals surface area contributed by atoms with Crippen LogP contribution in [0.5, 0.6) is 11.5 Å². The zero-order valence-corrected chi connectivity index (χ0v) is 23.0. The van der Waals surface area contributed by atoms with Crippen molar-refractivity contribution in [2.24, 2.45) is 5.92 Å². The fourth-order valence-corrected chi connectivity index (χ4v) is 4.56. The van der Waals surface area contributed by atoms with Crippen LogP contribution in [0.3, 0.4) is 0 Å². The third-order valence-corrected chi connectivity index (χ3v) is 6.80. The van der Waals surface area contributed by atoms with E-state index in [0.29, 0.717) is 17.9 Å². The highest BCUT2D eigenvalue weighted by Gasteiger charge is 2.32. The molecular formula is C26H36FN3O6S. The maximum absolute atomic E-state index is 13.7. The van der Waals surface area contributed by atoms with E-state index in [1.807, 2.05) is 13.8 Å². The molecule has 0 aliphatic rings. The lowest BCUT2D eigenvalue weighted by Crippen LogP contribution is -2.52. The van der Waals surface area contributed by atoms with Crippen molar-refractivity contribution in [3.63, 3.8) is 0 Å². The number of anilines is 1. The number of ether oxygens (including phenoxy) is 2. The largest absolute Gasteiger partial charge is 0.497 e. The number of benzene rings is 2. The van der Waals surface area contributed by atoms with Gasteiger partial charge in [0.1, 0.15) is 29.9 Å². The van der Waals surface area contributed by atoms with Crippen LogP contribution in [-0.2, 0) is 26.2 Å². The van der Waals surface area contributed by atoms with Crippen molar-refractivity contribution in [1.82, 2.24) is 10.2 Å². The van der Waals surface area contributed by atoms with E-state index in [1.165, 1.54) is 49.5 Å². The lowest BCUT2D eigenvalue weighted by atomic mass is 10.1.